The van der Waals surface area contributed by atoms with E-state index in [4.69, 9.17) is 27.9 Å². The van der Waals surface area contributed by atoms with E-state index in [1.807, 2.05) is 43.3 Å². The van der Waals surface area contributed by atoms with Gasteiger partial charge in [-0.1, -0.05) is 59.1 Å². The van der Waals surface area contributed by atoms with E-state index in [1.54, 1.807) is 18.1 Å². The number of aromatic nitrogens is 2. The molecule has 28 heavy (non-hydrogen) atoms. The van der Waals surface area contributed by atoms with Crippen molar-refractivity contribution in [1.29, 1.82) is 0 Å². The monoisotopic (exact) mass is 415 g/mol. The molecule has 144 valence electrons. The molecule has 2 heterocycles. The molecule has 0 bridgehead atoms. The molecule has 0 spiro atoms. The number of benzene rings is 2. The van der Waals surface area contributed by atoms with Crippen LogP contribution in [0.1, 0.15) is 33.2 Å². The Labute approximate surface area is 173 Å². The van der Waals surface area contributed by atoms with E-state index in [0.717, 1.165) is 27.9 Å². The standard InChI is InChI=1S/C21H19Cl2N3O2/c1-12-3-5-13(6-4-12)18-17-19(25-24-18)21(27)26(9-10-28-2)20(17)14-7-8-15(22)16(23)11-14/h3-8,11,20H,9-10H2,1-2H3,(H,24,25). The molecule has 7 heteroatoms. The van der Waals surface area contributed by atoms with Gasteiger partial charge in [0.05, 0.1) is 28.4 Å². The second-order valence-electron chi connectivity index (χ2n) is 6.79. The Hall–Kier alpha value is -2.34. The molecular formula is C21H19Cl2N3O2. The van der Waals surface area contributed by atoms with Crippen molar-refractivity contribution >= 4 is 29.1 Å². The van der Waals surface area contributed by atoms with Crippen molar-refractivity contribution in [3.63, 3.8) is 0 Å². The number of methoxy groups -OCH3 is 1. The zero-order valence-electron chi connectivity index (χ0n) is 15.5. The van der Waals surface area contributed by atoms with E-state index >= 15 is 0 Å². The van der Waals surface area contributed by atoms with E-state index in [2.05, 4.69) is 10.2 Å². The fourth-order valence-corrected chi connectivity index (χ4v) is 3.88. The predicted octanol–water partition coefficient (Wildman–Crippen LogP) is 4.88. The molecule has 3 aromatic rings. The topological polar surface area (TPSA) is 58.2 Å². The van der Waals surface area contributed by atoms with E-state index in [9.17, 15) is 4.79 Å². The molecular weight excluding hydrogens is 397 g/mol. The molecule has 2 aromatic carbocycles. The summed E-state index contributed by atoms with van der Waals surface area (Å²) in [4.78, 5) is 14.9. The average molecular weight is 416 g/mol. The number of hydrogen-bond acceptors (Lipinski definition) is 3. The maximum Gasteiger partial charge on any atom is 0.273 e. The van der Waals surface area contributed by atoms with Gasteiger partial charge in [0.15, 0.2) is 0 Å². The number of ether oxygens (including phenoxy) is 1. The Balaban J connectivity index is 1.87. The molecule has 1 atom stereocenters. The number of rotatable bonds is 5. The number of hydrogen-bond donors (Lipinski definition) is 1. The number of halogens is 2. The molecule has 1 unspecified atom stereocenters. The van der Waals surface area contributed by atoms with Gasteiger partial charge in [-0.2, -0.15) is 5.10 Å². The minimum Gasteiger partial charge on any atom is -0.383 e. The van der Waals surface area contributed by atoms with Crippen LogP contribution in [0.4, 0.5) is 0 Å². The van der Waals surface area contributed by atoms with Crippen molar-refractivity contribution in [1.82, 2.24) is 15.1 Å². The highest BCUT2D eigenvalue weighted by molar-refractivity contribution is 6.42. The zero-order valence-corrected chi connectivity index (χ0v) is 17.0. The number of carbonyl (C=O) groups is 1. The quantitative estimate of drug-likeness (QED) is 0.645. The summed E-state index contributed by atoms with van der Waals surface area (Å²) in [7, 11) is 1.62. The summed E-state index contributed by atoms with van der Waals surface area (Å²) in [6.07, 6.45) is 0. The van der Waals surface area contributed by atoms with E-state index in [0.29, 0.717) is 28.9 Å². The summed E-state index contributed by atoms with van der Waals surface area (Å²) in [5.41, 5.74) is 5.11. The maximum atomic E-state index is 13.1. The third-order valence-electron chi connectivity index (χ3n) is 4.98. The first-order valence-electron chi connectivity index (χ1n) is 8.91. The lowest BCUT2D eigenvalue weighted by Crippen LogP contribution is -2.32. The lowest BCUT2D eigenvalue weighted by atomic mass is 9.96. The van der Waals surface area contributed by atoms with Crippen molar-refractivity contribution in [2.75, 3.05) is 20.3 Å². The summed E-state index contributed by atoms with van der Waals surface area (Å²) < 4.78 is 5.22. The number of amides is 1. The van der Waals surface area contributed by atoms with Crippen LogP contribution in [0.5, 0.6) is 0 Å². The van der Waals surface area contributed by atoms with Crippen LogP contribution in [0.2, 0.25) is 10.0 Å². The second-order valence-corrected chi connectivity index (χ2v) is 7.61. The first kappa shape index (κ1) is 19.0. The van der Waals surface area contributed by atoms with Crippen LogP contribution in [-0.4, -0.2) is 41.3 Å². The minimum absolute atomic E-state index is 0.103. The van der Waals surface area contributed by atoms with Gasteiger partial charge >= 0.3 is 0 Å². The Kier molecular flexibility index (Phi) is 5.15. The summed E-state index contributed by atoms with van der Waals surface area (Å²) in [6, 6.07) is 13.2. The molecule has 1 aliphatic rings. The number of carbonyl (C=O) groups excluding carboxylic acids is 1. The predicted molar refractivity (Wildman–Crippen MR) is 110 cm³/mol. The maximum absolute atomic E-state index is 13.1. The average Bonchev–Trinajstić information content (AvgIpc) is 3.22. The van der Waals surface area contributed by atoms with Crippen LogP contribution in [0.15, 0.2) is 42.5 Å². The van der Waals surface area contributed by atoms with Crippen molar-refractivity contribution < 1.29 is 9.53 Å². The molecule has 0 saturated carbocycles. The van der Waals surface area contributed by atoms with Gasteiger partial charge in [-0.05, 0) is 24.6 Å². The molecule has 0 radical (unpaired) electrons. The summed E-state index contributed by atoms with van der Waals surface area (Å²) in [6.45, 7) is 2.92. The molecule has 1 aromatic heterocycles. The highest BCUT2D eigenvalue weighted by atomic mass is 35.5. The van der Waals surface area contributed by atoms with Gasteiger partial charge in [0.1, 0.15) is 5.69 Å². The molecule has 4 rings (SSSR count). The molecule has 0 saturated heterocycles. The van der Waals surface area contributed by atoms with Gasteiger partial charge in [0, 0.05) is 24.8 Å². The molecule has 0 fully saturated rings. The van der Waals surface area contributed by atoms with Gasteiger partial charge in [-0.25, -0.2) is 0 Å². The largest absolute Gasteiger partial charge is 0.383 e. The van der Waals surface area contributed by atoms with Crippen LogP contribution in [0, 0.1) is 6.92 Å². The number of H-pyrrole nitrogens is 1. The van der Waals surface area contributed by atoms with Gasteiger partial charge in [-0.15, -0.1) is 0 Å². The lowest BCUT2D eigenvalue weighted by Gasteiger charge is -2.26. The molecule has 1 N–H and O–H groups in total. The van der Waals surface area contributed by atoms with Crippen molar-refractivity contribution in [3.05, 3.63) is 74.9 Å². The van der Waals surface area contributed by atoms with Gasteiger partial charge in [0.25, 0.3) is 5.91 Å². The smallest absolute Gasteiger partial charge is 0.273 e. The van der Waals surface area contributed by atoms with E-state index in [1.165, 1.54) is 0 Å². The SMILES string of the molecule is COCCN1C(=O)c2[nH]nc(-c3ccc(C)cc3)c2C1c1ccc(Cl)c(Cl)c1. The Bertz CT molecular complexity index is 1030. The van der Waals surface area contributed by atoms with Crippen LogP contribution < -0.4 is 0 Å². The summed E-state index contributed by atoms with van der Waals surface area (Å²) in [5.74, 6) is -0.103. The fraction of sp³-hybridized carbons (Fsp3) is 0.238. The van der Waals surface area contributed by atoms with Crippen molar-refractivity contribution in [3.8, 4) is 11.3 Å². The normalized spacial score (nSPS) is 15.9. The Morgan fingerprint density at radius 2 is 1.89 bits per heavy atom. The van der Waals surface area contributed by atoms with Crippen LogP contribution in [-0.2, 0) is 4.74 Å². The van der Waals surface area contributed by atoms with E-state index < -0.39 is 0 Å². The van der Waals surface area contributed by atoms with Crippen molar-refractivity contribution in [2.45, 2.75) is 13.0 Å². The van der Waals surface area contributed by atoms with Gasteiger partial charge in [0.2, 0.25) is 0 Å². The number of aromatic amines is 1. The third kappa shape index (κ3) is 3.20. The fourth-order valence-electron chi connectivity index (χ4n) is 3.58. The van der Waals surface area contributed by atoms with E-state index in [-0.39, 0.29) is 11.9 Å². The Morgan fingerprint density at radius 1 is 1.14 bits per heavy atom. The highest BCUT2D eigenvalue weighted by Gasteiger charge is 2.42. The number of fused-ring (bicyclic) bond motifs is 1. The van der Waals surface area contributed by atoms with Gasteiger partial charge < -0.3 is 9.64 Å². The van der Waals surface area contributed by atoms with Gasteiger partial charge in [-0.3, -0.25) is 9.89 Å². The van der Waals surface area contributed by atoms with Crippen molar-refractivity contribution in [2.24, 2.45) is 0 Å². The van der Waals surface area contributed by atoms with Crippen LogP contribution >= 0.6 is 23.2 Å². The highest BCUT2D eigenvalue weighted by Crippen LogP contribution is 2.43. The summed E-state index contributed by atoms with van der Waals surface area (Å²) in [5, 5.41) is 8.32. The zero-order chi connectivity index (χ0) is 19.8. The molecule has 1 amide bonds. The second kappa shape index (κ2) is 7.59. The minimum atomic E-state index is -0.317. The number of nitrogens with zero attached hydrogens (tertiary/aromatic N) is 2. The third-order valence-corrected chi connectivity index (χ3v) is 5.72. The molecule has 1 aliphatic heterocycles. The van der Waals surface area contributed by atoms with Crippen LogP contribution in [0.3, 0.4) is 0 Å². The molecule has 0 aliphatic carbocycles. The first-order chi connectivity index (χ1) is 13.5. The first-order valence-corrected chi connectivity index (χ1v) is 9.67. The van der Waals surface area contributed by atoms with Crippen LogP contribution in [0.25, 0.3) is 11.3 Å². The Morgan fingerprint density at radius 3 is 2.57 bits per heavy atom. The number of aryl methyl sites for hydroxylation is 1. The lowest BCUT2D eigenvalue weighted by molar-refractivity contribution is 0.0677. The molecule has 5 nitrogen and oxygen atoms in total. The summed E-state index contributed by atoms with van der Waals surface area (Å²) >= 11 is 12.4. The number of nitrogens with one attached hydrogen (secondary N) is 1.